The molecule has 1 heterocycles. The average molecular weight is 331 g/mol. The van der Waals surface area contributed by atoms with E-state index in [1.165, 1.54) is 18.5 Å². The van der Waals surface area contributed by atoms with Crippen molar-refractivity contribution in [2.24, 2.45) is 0 Å². The van der Waals surface area contributed by atoms with Gasteiger partial charge in [0, 0.05) is 57.4 Å². The van der Waals surface area contributed by atoms with E-state index >= 15 is 0 Å². The molecular weight excluding hydrogens is 302 g/mol. The number of benzene rings is 1. The summed E-state index contributed by atoms with van der Waals surface area (Å²) in [6, 6.07) is 8.11. The van der Waals surface area contributed by atoms with Crippen molar-refractivity contribution < 1.29 is 9.59 Å². The van der Waals surface area contributed by atoms with Gasteiger partial charge in [-0.1, -0.05) is 0 Å². The molecule has 0 saturated carbocycles. The molecule has 0 aromatic heterocycles. The quantitative estimate of drug-likeness (QED) is 0.772. The summed E-state index contributed by atoms with van der Waals surface area (Å²) < 4.78 is 0. The van der Waals surface area contributed by atoms with Crippen LogP contribution in [0.5, 0.6) is 0 Å². The van der Waals surface area contributed by atoms with Crippen LogP contribution in [0.15, 0.2) is 24.3 Å². The minimum atomic E-state index is -0.0312. The summed E-state index contributed by atoms with van der Waals surface area (Å²) >= 11 is 0. The lowest BCUT2D eigenvalue weighted by Gasteiger charge is -2.25. The molecule has 5 heteroatoms. The van der Waals surface area contributed by atoms with Gasteiger partial charge in [0.25, 0.3) is 0 Å². The van der Waals surface area contributed by atoms with E-state index in [0.29, 0.717) is 26.1 Å². The zero-order valence-corrected chi connectivity index (χ0v) is 15.1. The van der Waals surface area contributed by atoms with Crippen LogP contribution in [0.4, 0.5) is 11.4 Å². The highest BCUT2D eigenvalue weighted by Crippen LogP contribution is 2.24. The molecule has 5 nitrogen and oxygen atoms in total. The molecule has 1 saturated heterocycles. The van der Waals surface area contributed by atoms with Gasteiger partial charge in [-0.15, -0.1) is 0 Å². The Balaban J connectivity index is 2.01. The first-order chi connectivity index (χ1) is 11.6. The van der Waals surface area contributed by atoms with Crippen LogP contribution in [0.3, 0.4) is 0 Å². The zero-order valence-electron chi connectivity index (χ0n) is 15.1. The third-order valence-corrected chi connectivity index (χ3v) is 4.68. The molecule has 2 amide bonds. The molecule has 0 radical (unpaired) electrons. The van der Waals surface area contributed by atoms with Crippen molar-refractivity contribution in [2.75, 3.05) is 42.5 Å². The van der Waals surface area contributed by atoms with Gasteiger partial charge in [-0.2, -0.15) is 0 Å². The second-order valence-electron chi connectivity index (χ2n) is 6.20. The first kappa shape index (κ1) is 18.3. The van der Waals surface area contributed by atoms with Crippen LogP contribution in [0.2, 0.25) is 0 Å². The summed E-state index contributed by atoms with van der Waals surface area (Å²) in [5, 5.41) is 0. The Morgan fingerprint density at radius 2 is 1.62 bits per heavy atom. The Labute approximate surface area is 145 Å². The molecule has 0 bridgehead atoms. The minimum absolute atomic E-state index is 0.0312. The van der Waals surface area contributed by atoms with Crippen molar-refractivity contribution in [1.82, 2.24) is 4.90 Å². The Hall–Kier alpha value is -2.04. The Bertz CT molecular complexity index is 546. The van der Waals surface area contributed by atoms with Crippen LogP contribution >= 0.6 is 0 Å². The molecule has 24 heavy (non-hydrogen) atoms. The van der Waals surface area contributed by atoms with Gasteiger partial charge < -0.3 is 14.7 Å². The Kier molecular flexibility index (Phi) is 6.64. The number of amides is 2. The summed E-state index contributed by atoms with van der Waals surface area (Å²) in [5.41, 5.74) is 2.07. The van der Waals surface area contributed by atoms with Crippen molar-refractivity contribution in [1.29, 1.82) is 0 Å². The number of nitrogens with zero attached hydrogens (tertiary/aromatic N) is 3. The SMILES string of the molecule is CCN(CC)C(=O)CCN(C(C)=O)c1ccc(N2CCCC2)cc1. The van der Waals surface area contributed by atoms with Gasteiger partial charge in [-0.05, 0) is 51.0 Å². The summed E-state index contributed by atoms with van der Waals surface area (Å²) in [5.74, 6) is 0.0659. The summed E-state index contributed by atoms with van der Waals surface area (Å²) in [6.07, 6.45) is 2.85. The fourth-order valence-corrected chi connectivity index (χ4v) is 3.23. The predicted molar refractivity (Wildman–Crippen MR) is 98.5 cm³/mol. The Morgan fingerprint density at radius 3 is 2.12 bits per heavy atom. The van der Waals surface area contributed by atoms with Crippen LogP contribution in [-0.2, 0) is 9.59 Å². The number of carbonyl (C=O) groups is 2. The van der Waals surface area contributed by atoms with Gasteiger partial charge in [0.15, 0.2) is 0 Å². The lowest BCUT2D eigenvalue weighted by molar-refractivity contribution is -0.130. The summed E-state index contributed by atoms with van der Waals surface area (Å²) in [7, 11) is 0. The molecule has 1 aliphatic rings. The van der Waals surface area contributed by atoms with Crippen molar-refractivity contribution >= 4 is 23.2 Å². The van der Waals surface area contributed by atoms with E-state index in [0.717, 1.165) is 18.8 Å². The topological polar surface area (TPSA) is 43.9 Å². The maximum atomic E-state index is 12.2. The summed E-state index contributed by atoms with van der Waals surface area (Å²) in [6.45, 7) is 9.55. The molecule has 0 unspecified atom stereocenters. The lowest BCUT2D eigenvalue weighted by Crippen LogP contribution is -2.36. The molecule has 2 rings (SSSR count). The first-order valence-electron chi connectivity index (χ1n) is 8.97. The number of hydrogen-bond donors (Lipinski definition) is 0. The standard InChI is InChI=1S/C19H29N3O2/c1-4-20(5-2)19(24)12-15-22(16(3)23)18-10-8-17(9-11-18)21-13-6-7-14-21/h8-11H,4-7,12-15H2,1-3H3. The number of carbonyl (C=O) groups excluding carboxylic acids is 2. The van der Waals surface area contributed by atoms with Crippen LogP contribution in [0.25, 0.3) is 0 Å². The monoisotopic (exact) mass is 331 g/mol. The maximum Gasteiger partial charge on any atom is 0.224 e. The van der Waals surface area contributed by atoms with Crippen molar-refractivity contribution in [2.45, 2.75) is 40.0 Å². The third-order valence-electron chi connectivity index (χ3n) is 4.68. The van der Waals surface area contributed by atoms with Gasteiger partial charge in [0.2, 0.25) is 11.8 Å². The highest BCUT2D eigenvalue weighted by atomic mass is 16.2. The third kappa shape index (κ3) is 4.49. The van der Waals surface area contributed by atoms with Gasteiger partial charge in [-0.3, -0.25) is 9.59 Å². The minimum Gasteiger partial charge on any atom is -0.372 e. The van der Waals surface area contributed by atoms with E-state index in [1.807, 2.05) is 26.0 Å². The molecule has 132 valence electrons. The van der Waals surface area contributed by atoms with E-state index < -0.39 is 0 Å². The van der Waals surface area contributed by atoms with Crippen LogP contribution in [-0.4, -0.2) is 49.4 Å². The predicted octanol–water partition coefficient (Wildman–Crippen LogP) is 2.90. The highest BCUT2D eigenvalue weighted by molar-refractivity contribution is 5.92. The number of rotatable bonds is 7. The Morgan fingerprint density at radius 1 is 1.04 bits per heavy atom. The van der Waals surface area contributed by atoms with Gasteiger partial charge >= 0.3 is 0 Å². The summed E-state index contributed by atoms with van der Waals surface area (Å²) in [4.78, 5) is 30.0. The fourth-order valence-electron chi connectivity index (χ4n) is 3.23. The molecule has 1 fully saturated rings. The highest BCUT2D eigenvalue weighted by Gasteiger charge is 2.17. The van der Waals surface area contributed by atoms with Crippen LogP contribution in [0, 0.1) is 0 Å². The van der Waals surface area contributed by atoms with E-state index in [-0.39, 0.29) is 11.8 Å². The van der Waals surface area contributed by atoms with Crippen molar-refractivity contribution in [3.05, 3.63) is 24.3 Å². The molecule has 0 atom stereocenters. The molecule has 1 aliphatic heterocycles. The van der Waals surface area contributed by atoms with Gasteiger partial charge in [-0.25, -0.2) is 0 Å². The number of hydrogen-bond acceptors (Lipinski definition) is 3. The normalized spacial score (nSPS) is 13.9. The van der Waals surface area contributed by atoms with E-state index in [9.17, 15) is 9.59 Å². The van der Waals surface area contributed by atoms with Gasteiger partial charge in [0.1, 0.15) is 0 Å². The average Bonchev–Trinajstić information content (AvgIpc) is 3.11. The molecule has 0 N–H and O–H groups in total. The molecule has 0 spiro atoms. The maximum absolute atomic E-state index is 12.2. The fraction of sp³-hybridized carbons (Fsp3) is 0.579. The zero-order chi connectivity index (χ0) is 17.5. The van der Waals surface area contributed by atoms with E-state index in [2.05, 4.69) is 17.0 Å². The lowest BCUT2D eigenvalue weighted by atomic mass is 10.2. The molecule has 1 aromatic rings. The van der Waals surface area contributed by atoms with Crippen LogP contribution < -0.4 is 9.80 Å². The van der Waals surface area contributed by atoms with E-state index in [4.69, 9.17) is 0 Å². The van der Waals surface area contributed by atoms with E-state index in [1.54, 1.807) is 16.7 Å². The van der Waals surface area contributed by atoms with Gasteiger partial charge in [0.05, 0.1) is 0 Å². The molecular formula is C19H29N3O2. The smallest absolute Gasteiger partial charge is 0.224 e. The van der Waals surface area contributed by atoms with Crippen molar-refractivity contribution in [3.8, 4) is 0 Å². The second-order valence-corrected chi connectivity index (χ2v) is 6.20. The molecule has 1 aromatic carbocycles. The second kappa shape index (κ2) is 8.71. The molecule has 0 aliphatic carbocycles. The number of anilines is 2. The van der Waals surface area contributed by atoms with Crippen molar-refractivity contribution in [3.63, 3.8) is 0 Å². The van der Waals surface area contributed by atoms with Crippen LogP contribution in [0.1, 0.15) is 40.0 Å². The first-order valence-corrected chi connectivity index (χ1v) is 8.97. The largest absolute Gasteiger partial charge is 0.372 e.